The van der Waals surface area contributed by atoms with Gasteiger partial charge in [0, 0.05) is 23.0 Å². The fraction of sp³-hybridized carbons (Fsp3) is 0.176. The number of ether oxygens (including phenoxy) is 1. The number of nitrogens with one attached hydrogen (secondary N) is 2. The largest absolute Gasteiger partial charge is 0.479 e. The normalized spacial score (nSPS) is 15.9. The molecular formula is C17H14N4O4S. The van der Waals surface area contributed by atoms with E-state index >= 15 is 0 Å². The van der Waals surface area contributed by atoms with Crippen LogP contribution in [0.1, 0.15) is 23.0 Å². The summed E-state index contributed by atoms with van der Waals surface area (Å²) in [5.74, 6) is -0.312. The zero-order valence-corrected chi connectivity index (χ0v) is 14.7. The lowest BCUT2D eigenvalue weighted by Gasteiger charge is -2.23. The van der Waals surface area contributed by atoms with Crippen molar-refractivity contribution in [2.75, 3.05) is 10.6 Å². The highest BCUT2D eigenvalue weighted by Gasteiger charge is 2.24. The number of hydrogen-bond acceptors (Lipinski definition) is 6. The van der Waals surface area contributed by atoms with Crippen LogP contribution in [0.3, 0.4) is 0 Å². The van der Waals surface area contributed by atoms with E-state index in [1.165, 1.54) is 21.9 Å². The molecule has 132 valence electrons. The van der Waals surface area contributed by atoms with Crippen molar-refractivity contribution < 1.29 is 14.3 Å². The summed E-state index contributed by atoms with van der Waals surface area (Å²) in [6.07, 6.45) is 0.697. The quantitative estimate of drug-likeness (QED) is 0.719. The Balaban J connectivity index is 1.64. The molecule has 0 saturated heterocycles. The van der Waals surface area contributed by atoms with Crippen LogP contribution in [0.25, 0.3) is 4.96 Å². The Hall–Kier alpha value is -3.20. The molecule has 2 N–H and O–H groups in total. The van der Waals surface area contributed by atoms with Gasteiger partial charge in [-0.1, -0.05) is 0 Å². The number of thiazole rings is 1. The number of hydrogen-bond donors (Lipinski definition) is 2. The Bertz CT molecular complexity index is 1120. The molecule has 26 heavy (non-hydrogen) atoms. The lowest BCUT2D eigenvalue weighted by atomic mass is 10.2. The number of anilines is 2. The van der Waals surface area contributed by atoms with E-state index in [0.29, 0.717) is 22.1 Å². The van der Waals surface area contributed by atoms with E-state index in [-0.39, 0.29) is 11.5 Å². The van der Waals surface area contributed by atoms with Gasteiger partial charge in [-0.3, -0.25) is 18.8 Å². The highest BCUT2D eigenvalue weighted by Crippen LogP contribution is 2.32. The van der Waals surface area contributed by atoms with Gasteiger partial charge in [0.15, 0.2) is 11.1 Å². The van der Waals surface area contributed by atoms with Crippen LogP contribution in [0.5, 0.6) is 5.75 Å². The minimum Gasteiger partial charge on any atom is -0.479 e. The summed E-state index contributed by atoms with van der Waals surface area (Å²) in [5.41, 5.74) is 1.13. The van der Waals surface area contributed by atoms with E-state index in [9.17, 15) is 14.4 Å². The Morgan fingerprint density at radius 2 is 2.19 bits per heavy atom. The zero-order valence-electron chi connectivity index (χ0n) is 13.9. The van der Waals surface area contributed by atoms with Crippen LogP contribution in [0.2, 0.25) is 0 Å². The van der Waals surface area contributed by atoms with Crippen molar-refractivity contribution in [2.24, 2.45) is 0 Å². The van der Waals surface area contributed by atoms with Gasteiger partial charge in [-0.2, -0.15) is 0 Å². The molecule has 1 aromatic carbocycles. The Morgan fingerprint density at radius 1 is 1.38 bits per heavy atom. The summed E-state index contributed by atoms with van der Waals surface area (Å²) in [7, 11) is 0. The number of amides is 2. The maximum atomic E-state index is 12.5. The molecule has 8 nitrogen and oxygen atoms in total. The third-order valence-electron chi connectivity index (χ3n) is 4.03. The zero-order chi connectivity index (χ0) is 18.4. The third-order valence-corrected chi connectivity index (χ3v) is 4.99. The molecule has 2 aromatic heterocycles. The molecule has 0 spiro atoms. The predicted molar refractivity (Wildman–Crippen MR) is 97.2 cm³/mol. The lowest BCUT2D eigenvalue weighted by Crippen LogP contribution is -2.34. The number of fused-ring (bicyclic) bond motifs is 2. The Labute approximate surface area is 151 Å². The maximum Gasteiger partial charge on any atom is 0.271 e. The molecule has 0 radical (unpaired) electrons. The van der Waals surface area contributed by atoms with Crippen molar-refractivity contribution in [3.05, 3.63) is 51.4 Å². The minimum atomic E-state index is -0.574. The van der Waals surface area contributed by atoms with Crippen LogP contribution < -0.4 is 20.9 Å². The van der Waals surface area contributed by atoms with Crippen molar-refractivity contribution in [2.45, 2.75) is 20.0 Å². The summed E-state index contributed by atoms with van der Waals surface area (Å²) in [5, 5.41) is 7.17. The molecule has 0 aliphatic carbocycles. The first-order valence-electron chi connectivity index (χ1n) is 7.83. The molecule has 9 heteroatoms. The van der Waals surface area contributed by atoms with Crippen LogP contribution in [0, 0.1) is 6.92 Å². The number of carbonyl (C=O) groups excluding carboxylic acids is 2. The monoisotopic (exact) mass is 370 g/mol. The van der Waals surface area contributed by atoms with Crippen molar-refractivity contribution in [3.63, 3.8) is 0 Å². The van der Waals surface area contributed by atoms with Crippen molar-refractivity contribution >= 4 is 39.5 Å². The van der Waals surface area contributed by atoms with Gasteiger partial charge in [-0.25, -0.2) is 4.98 Å². The topological polar surface area (TPSA) is 102 Å². The van der Waals surface area contributed by atoms with Gasteiger partial charge in [-0.15, -0.1) is 11.3 Å². The average Bonchev–Trinajstić information content (AvgIpc) is 2.98. The number of rotatable bonds is 2. The molecule has 1 aliphatic heterocycles. The van der Waals surface area contributed by atoms with E-state index in [0.717, 1.165) is 5.69 Å². The number of carbonyl (C=O) groups is 2. The van der Waals surface area contributed by atoms with Crippen molar-refractivity contribution in [3.8, 4) is 5.75 Å². The maximum absolute atomic E-state index is 12.5. The Kier molecular flexibility index (Phi) is 3.73. The van der Waals surface area contributed by atoms with E-state index in [4.69, 9.17) is 4.74 Å². The molecule has 1 atom stereocenters. The van der Waals surface area contributed by atoms with Gasteiger partial charge < -0.3 is 15.4 Å². The molecule has 0 saturated carbocycles. The third kappa shape index (κ3) is 2.62. The minimum absolute atomic E-state index is 0.0596. The summed E-state index contributed by atoms with van der Waals surface area (Å²) in [6.45, 7) is 3.43. The standard InChI is InChI=1S/C17H14N4O4S/c1-8-7-26-17-18-6-11(16(24)21(8)17)15(23)19-10-3-4-13-12(5-10)20-14(22)9(2)25-13/h3-7,9H,1-2H3,(H,19,23)(H,20,22)/t9-/m0/s1. The Morgan fingerprint density at radius 3 is 3.00 bits per heavy atom. The van der Waals surface area contributed by atoms with Crippen LogP contribution in [-0.4, -0.2) is 27.3 Å². The fourth-order valence-electron chi connectivity index (χ4n) is 2.67. The number of aromatic nitrogens is 2. The van der Waals surface area contributed by atoms with Gasteiger partial charge in [0.05, 0.1) is 5.69 Å². The molecule has 0 fully saturated rings. The molecule has 0 unspecified atom stereocenters. The summed E-state index contributed by atoms with van der Waals surface area (Å²) in [6, 6.07) is 4.87. The van der Waals surface area contributed by atoms with Crippen molar-refractivity contribution in [1.82, 2.24) is 9.38 Å². The second-order valence-corrected chi connectivity index (χ2v) is 6.72. The summed E-state index contributed by atoms with van der Waals surface area (Å²) < 4.78 is 6.88. The van der Waals surface area contributed by atoms with Crippen molar-refractivity contribution in [1.29, 1.82) is 0 Å². The first kappa shape index (κ1) is 16.3. The van der Waals surface area contributed by atoms with E-state index in [1.54, 1.807) is 37.4 Å². The van der Waals surface area contributed by atoms with Gasteiger partial charge >= 0.3 is 0 Å². The molecule has 4 rings (SSSR count). The second-order valence-electron chi connectivity index (χ2n) is 5.89. The van der Waals surface area contributed by atoms with Gasteiger partial charge in [0.1, 0.15) is 11.3 Å². The molecule has 1 aliphatic rings. The number of nitrogens with zero attached hydrogens (tertiary/aromatic N) is 2. The molecular weight excluding hydrogens is 356 g/mol. The lowest BCUT2D eigenvalue weighted by molar-refractivity contribution is -0.122. The van der Waals surface area contributed by atoms with Crippen LogP contribution in [0.15, 0.2) is 34.6 Å². The molecule has 0 bridgehead atoms. The molecule has 3 aromatic rings. The van der Waals surface area contributed by atoms with Gasteiger partial charge in [0.2, 0.25) is 0 Å². The SMILES string of the molecule is Cc1csc2ncc(C(=O)Nc3ccc4c(c3)NC(=O)[C@H](C)O4)c(=O)n12. The molecule has 2 amide bonds. The van der Waals surface area contributed by atoms with E-state index in [2.05, 4.69) is 15.6 Å². The highest BCUT2D eigenvalue weighted by atomic mass is 32.1. The second kappa shape index (κ2) is 5.95. The summed E-state index contributed by atoms with van der Waals surface area (Å²) >= 11 is 1.33. The summed E-state index contributed by atoms with van der Waals surface area (Å²) in [4.78, 5) is 41.5. The number of aryl methyl sites for hydroxylation is 1. The predicted octanol–water partition coefficient (Wildman–Crippen LogP) is 2.04. The first-order chi connectivity index (χ1) is 12.4. The fourth-order valence-corrected chi connectivity index (χ4v) is 3.49. The van der Waals surface area contributed by atoms with Crippen LogP contribution >= 0.6 is 11.3 Å². The smallest absolute Gasteiger partial charge is 0.271 e. The van der Waals surface area contributed by atoms with Crippen LogP contribution in [-0.2, 0) is 4.79 Å². The van der Waals surface area contributed by atoms with Crippen LogP contribution in [0.4, 0.5) is 11.4 Å². The molecule has 3 heterocycles. The average molecular weight is 370 g/mol. The van der Waals surface area contributed by atoms with Gasteiger partial charge in [0.25, 0.3) is 17.4 Å². The first-order valence-corrected chi connectivity index (χ1v) is 8.71. The highest BCUT2D eigenvalue weighted by molar-refractivity contribution is 7.15. The van der Waals surface area contributed by atoms with E-state index < -0.39 is 17.6 Å². The van der Waals surface area contributed by atoms with Gasteiger partial charge in [-0.05, 0) is 32.0 Å². The van der Waals surface area contributed by atoms with E-state index in [1.807, 2.05) is 0 Å². The number of benzene rings is 1.